The highest BCUT2D eigenvalue weighted by Crippen LogP contribution is 2.41. The number of fused-ring (bicyclic) bond motifs is 5. The molecule has 442 valence electrons. The van der Waals surface area contributed by atoms with Crippen LogP contribution in [0.2, 0.25) is 0 Å². The Morgan fingerprint density at radius 1 is 0.866 bits per heavy atom. The quantitative estimate of drug-likeness (QED) is 0.00713. The van der Waals surface area contributed by atoms with Gasteiger partial charge in [0.1, 0.15) is 31.6 Å². The van der Waals surface area contributed by atoms with Gasteiger partial charge in [-0.2, -0.15) is 0 Å². The molecule has 11 N–H and O–H groups in total. The third-order valence-corrected chi connectivity index (χ3v) is 12.6. The predicted octanol–water partition coefficient (Wildman–Crippen LogP) is 0.122. The molecule has 0 aliphatic carbocycles. The Hall–Kier alpha value is -8.56. The standard InChI is InChI=1S/C30H36FN7O6.C10H13NO3.C9H16N4O4.C7H8/c1-4-30(42)22-8-25-27-20(12-38(25)28(40)21(22)13-44-29(30)41)19(18-7-16(2)23(31)9-24(18)36-27)11-37(33)10-17(32)5-6-35-26(39)14-43-15-34-3;12-8-4-2-1-3-7-11-9(13)5-6-10(11)14;1-10-4-7(15)12-6-9(17)13-5-8(16)11-2-3-14;1-7-5-3-2-4-6-7/h7-10,34,42H,4-6,11-15,32-33H2,1-3H3,(H,35,39);5-6,8H,1-4,7H2;3,10H,2,4-6H2,1H3,(H,11,16)(H,12,15)(H,13,17);2-6H,1H3/b17-10-;;;/t30-;;;/m0.../s1. The summed E-state index contributed by atoms with van der Waals surface area (Å²) in [4.78, 5) is 119. The van der Waals surface area contributed by atoms with Gasteiger partial charge in [0.2, 0.25) is 23.6 Å². The molecule has 7 rings (SSSR count). The van der Waals surface area contributed by atoms with Crippen molar-refractivity contribution in [2.24, 2.45) is 11.6 Å². The number of hydrazine groups is 1. The first-order valence-electron chi connectivity index (χ1n) is 26.4. The Bertz CT molecular complexity index is 3040. The molecule has 0 radical (unpaired) electrons. The first-order chi connectivity index (χ1) is 39.2. The van der Waals surface area contributed by atoms with Crippen LogP contribution in [-0.4, -0.2) is 145 Å². The van der Waals surface area contributed by atoms with Gasteiger partial charge in [-0.1, -0.05) is 49.2 Å². The monoisotopic (exact) mass is 1140 g/mol. The average Bonchev–Trinajstić information content (AvgIpc) is 4.17. The van der Waals surface area contributed by atoms with E-state index in [1.807, 2.05) is 18.2 Å². The van der Waals surface area contributed by atoms with Crippen LogP contribution in [0.25, 0.3) is 22.3 Å². The molecule has 0 bridgehead atoms. The second-order valence-electron chi connectivity index (χ2n) is 18.8. The van der Waals surface area contributed by atoms with Crippen LogP contribution < -0.4 is 49.0 Å². The Labute approximate surface area is 473 Å². The van der Waals surface area contributed by atoms with Gasteiger partial charge in [0.25, 0.3) is 17.4 Å². The number of aliphatic hydroxyl groups is 1. The molecule has 3 aliphatic rings. The van der Waals surface area contributed by atoms with Crippen molar-refractivity contribution in [3.63, 3.8) is 0 Å². The molecule has 6 amide bonds. The van der Waals surface area contributed by atoms with E-state index < -0.39 is 34.8 Å². The van der Waals surface area contributed by atoms with Crippen LogP contribution in [0.1, 0.15) is 78.8 Å². The van der Waals surface area contributed by atoms with Crippen molar-refractivity contribution in [2.75, 3.05) is 66.7 Å². The van der Waals surface area contributed by atoms with Crippen molar-refractivity contribution in [3.8, 4) is 11.4 Å². The molecule has 2 aromatic heterocycles. The molecule has 0 unspecified atom stereocenters. The third kappa shape index (κ3) is 19.3. The number of pyridine rings is 2. The number of hydrogen-bond donors (Lipinski definition) is 9. The van der Waals surface area contributed by atoms with Gasteiger partial charge in [-0.15, -0.1) is 0 Å². The van der Waals surface area contributed by atoms with E-state index in [-0.39, 0.29) is 107 Å². The number of carbonyl (C=O) groups is 9. The van der Waals surface area contributed by atoms with E-state index in [0.717, 1.165) is 25.5 Å². The Morgan fingerprint density at radius 3 is 2.15 bits per heavy atom. The number of aryl methyl sites for hydroxylation is 2. The predicted molar refractivity (Wildman–Crippen MR) is 299 cm³/mol. The van der Waals surface area contributed by atoms with E-state index in [9.17, 15) is 57.4 Å². The Kier molecular flexibility index (Phi) is 26.7. The smallest absolute Gasteiger partial charge is 0.343 e. The van der Waals surface area contributed by atoms with Crippen molar-refractivity contribution in [1.29, 1.82) is 0 Å². The van der Waals surface area contributed by atoms with Gasteiger partial charge in [0.15, 0.2) is 5.60 Å². The van der Waals surface area contributed by atoms with E-state index in [1.165, 1.54) is 38.3 Å². The average molecular weight is 1140 g/mol. The zero-order chi connectivity index (χ0) is 60.4. The molecule has 4 aromatic rings. The molecule has 5 heterocycles. The van der Waals surface area contributed by atoms with Crippen molar-refractivity contribution in [2.45, 2.75) is 84.6 Å². The van der Waals surface area contributed by atoms with Gasteiger partial charge < -0.3 is 66.1 Å². The number of esters is 1. The van der Waals surface area contributed by atoms with Gasteiger partial charge >= 0.3 is 5.97 Å². The van der Waals surface area contributed by atoms with Crippen LogP contribution in [0.4, 0.5) is 4.39 Å². The molecular formula is C56H73FN12O13. The van der Waals surface area contributed by atoms with Crippen molar-refractivity contribution < 1.29 is 62.1 Å². The SMILES string of the molecule is CC[C@@]1(O)C(=O)OCc2c1cc1n(c2=O)Cc2c-1nc1cc(F)c(C)cc1c2CN(N)/C=C(\N)CCNC(=O)COCNC.CNCC(=O)NCC(=O)NCC(=O)NCC=O.Cc1ccccc1.O=CCCCCCN1C(=O)C=CC1=O. The summed E-state index contributed by atoms with van der Waals surface area (Å²) in [6, 6.07) is 14.9. The van der Waals surface area contributed by atoms with Crippen LogP contribution in [0.15, 0.2) is 77.4 Å². The summed E-state index contributed by atoms with van der Waals surface area (Å²) >= 11 is 0. The highest BCUT2D eigenvalue weighted by molar-refractivity contribution is 6.12. The van der Waals surface area contributed by atoms with Gasteiger partial charge in [-0.3, -0.25) is 43.8 Å². The highest BCUT2D eigenvalue weighted by atomic mass is 19.1. The first-order valence-corrected chi connectivity index (χ1v) is 26.4. The van der Waals surface area contributed by atoms with Gasteiger partial charge in [-0.25, -0.2) is 20.0 Å². The largest absolute Gasteiger partial charge is 0.458 e. The minimum atomic E-state index is -1.97. The molecule has 3 aliphatic heterocycles. The minimum absolute atomic E-state index is 0.0131. The number of aldehydes is 2. The first kappa shape index (κ1) is 66.0. The summed E-state index contributed by atoms with van der Waals surface area (Å²) in [5, 5.41) is 28.2. The van der Waals surface area contributed by atoms with Crippen LogP contribution in [0.5, 0.6) is 0 Å². The molecule has 1 atom stereocenters. The highest BCUT2D eigenvalue weighted by Gasteiger charge is 2.45. The van der Waals surface area contributed by atoms with E-state index in [1.54, 1.807) is 46.3 Å². The Balaban J connectivity index is 0.000000307. The van der Waals surface area contributed by atoms with Crippen LogP contribution in [0.3, 0.4) is 0 Å². The molecule has 0 saturated carbocycles. The van der Waals surface area contributed by atoms with Gasteiger partial charge in [0.05, 0.1) is 68.5 Å². The summed E-state index contributed by atoms with van der Waals surface area (Å²) in [5.41, 5.74) is 8.98. The van der Waals surface area contributed by atoms with E-state index >= 15 is 0 Å². The maximum absolute atomic E-state index is 14.7. The fourth-order valence-corrected chi connectivity index (χ4v) is 8.34. The number of rotatable bonds is 25. The molecule has 25 nitrogen and oxygen atoms in total. The number of halogens is 1. The number of benzene rings is 2. The molecule has 2 aromatic carbocycles. The zero-order valence-electron chi connectivity index (χ0n) is 46.7. The van der Waals surface area contributed by atoms with Crippen molar-refractivity contribution in [3.05, 3.63) is 122 Å². The van der Waals surface area contributed by atoms with Gasteiger partial charge in [-0.05, 0) is 70.5 Å². The molecule has 82 heavy (non-hydrogen) atoms. The summed E-state index contributed by atoms with van der Waals surface area (Å²) in [6.45, 7) is 5.94. The molecule has 0 saturated heterocycles. The van der Waals surface area contributed by atoms with E-state index in [4.69, 9.17) is 26.0 Å². The zero-order valence-corrected chi connectivity index (χ0v) is 46.7. The number of hydrogen-bond acceptors (Lipinski definition) is 19. The fraction of sp³-hybridized carbons (Fsp3) is 0.411. The number of carbonyl (C=O) groups excluding carboxylic acids is 9. The van der Waals surface area contributed by atoms with Gasteiger partial charge in [0, 0.05) is 72.6 Å². The normalized spacial score (nSPS) is 14.5. The number of nitrogens with two attached hydrogens (primary N) is 2. The minimum Gasteiger partial charge on any atom is -0.458 e. The van der Waals surface area contributed by atoms with Crippen LogP contribution in [-0.2, 0) is 77.9 Å². The lowest BCUT2D eigenvalue weighted by Crippen LogP contribution is -2.44. The fourth-order valence-electron chi connectivity index (χ4n) is 8.34. The summed E-state index contributed by atoms with van der Waals surface area (Å²) in [7, 11) is 3.32. The number of likely N-dealkylation sites (N-methyl/N-ethyl adjacent to an activating group) is 1. The molecule has 0 fully saturated rings. The molecule has 26 heteroatoms. The number of nitrogens with one attached hydrogen (secondary N) is 6. The van der Waals surface area contributed by atoms with Crippen molar-refractivity contribution in [1.82, 2.24) is 51.4 Å². The van der Waals surface area contributed by atoms with Crippen LogP contribution >= 0.6 is 0 Å². The second kappa shape index (κ2) is 33.3. The van der Waals surface area contributed by atoms with E-state index in [0.29, 0.717) is 70.4 Å². The lowest BCUT2D eigenvalue weighted by Gasteiger charge is -2.31. The summed E-state index contributed by atoms with van der Waals surface area (Å²) in [5.74, 6) is 3.14. The Morgan fingerprint density at radius 2 is 1.54 bits per heavy atom. The van der Waals surface area contributed by atoms with Crippen molar-refractivity contribution >= 4 is 64.9 Å². The number of unbranched alkanes of at least 4 members (excludes halogenated alkanes) is 3. The van der Waals surface area contributed by atoms with Crippen LogP contribution in [0, 0.1) is 19.7 Å². The number of nitrogens with zero attached hydrogens (tertiary/aromatic N) is 4. The lowest BCUT2D eigenvalue weighted by atomic mass is 9.86. The number of imide groups is 1. The number of cyclic esters (lactones) is 1. The number of amides is 6. The third-order valence-electron chi connectivity index (χ3n) is 12.6. The maximum atomic E-state index is 14.7. The summed E-state index contributed by atoms with van der Waals surface area (Å²) in [6.07, 6.45) is 8.91. The number of ether oxygens (including phenoxy) is 2. The molecule has 0 spiro atoms. The molecular weight excluding hydrogens is 1070 g/mol. The summed E-state index contributed by atoms with van der Waals surface area (Å²) < 4.78 is 26.5. The van der Waals surface area contributed by atoms with E-state index in [2.05, 4.69) is 51.0 Å². The maximum Gasteiger partial charge on any atom is 0.343 e. The number of aromatic nitrogens is 2. The lowest BCUT2D eigenvalue weighted by molar-refractivity contribution is -0.172. The topological polar surface area (TPSA) is 358 Å². The second-order valence-corrected chi connectivity index (χ2v) is 18.8.